The Bertz CT molecular complexity index is 1420. The van der Waals surface area contributed by atoms with E-state index in [1.54, 1.807) is 19.1 Å². The number of non-ortho nitro benzene ring substituents is 1. The largest absolute Gasteiger partial charge is 0.352 e. The predicted molar refractivity (Wildman–Crippen MR) is 137 cm³/mol. The zero-order valence-corrected chi connectivity index (χ0v) is 20.8. The second-order valence-electron chi connectivity index (χ2n) is 8.26. The van der Waals surface area contributed by atoms with E-state index in [2.05, 4.69) is 15.4 Å². The van der Waals surface area contributed by atoms with Crippen molar-refractivity contribution >= 4 is 38.9 Å². The predicted octanol–water partition coefficient (Wildman–Crippen LogP) is 4.08. The number of hydrogen-bond acceptors (Lipinski definition) is 6. The van der Waals surface area contributed by atoms with Crippen molar-refractivity contribution in [2.24, 2.45) is 0 Å². The number of amides is 2. The van der Waals surface area contributed by atoms with E-state index >= 15 is 0 Å². The molecular formula is C25H26N4O6S. The van der Waals surface area contributed by atoms with E-state index in [1.807, 2.05) is 26.0 Å². The number of aryl methyl sites for hydroxylation is 3. The van der Waals surface area contributed by atoms with Crippen LogP contribution in [0.1, 0.15) is 33.5 Å². The molecule has 0 heterocycles. The molecule has 0 aliphatic rings. The second kappa shape index (κ2) is 11.0. The fraction of sp³-hybridized carbons (Fsp3) is 0.200. The van der Waals surface area contributed by atoms with Crippen molar-refractivity contribution in [1.82, 2.24) is 5.32 Å². The summed E-state index contributed by atoms with van der Waals surface area (Å²) in [5.41, 5.74) is 3.37. The van der Waals surface area contributed by atoms with Crippen LogP contribution in [0.15, 0.2) is 65.6 Å². The number of sulfonamides is 1. The van der Waals surface area contributed by atoms with Gasteiger partial charge in [-0.1, -0.05) is 23.8 Å². The van der Waals surface area contributed by atoms with Crippen LogP contribution in [-0.4, -0.2) is 31.7 Å². The molecule has 11 heteroatoms. The molecule has 2 amide bonds. The summed E-state index contributed by atoms with van der Waals surface area (Å²) < 4.78 is 28.4. The average molecular weight is 511 g/mol. The summed E-state index contributed by atoms with van der Waals surface area (Å²) in [7, 11) is -3.89. The van der Waals surface area contributed by atoms with Gasteiger partial charge in [-0.05, 0) is 62.2 Å². The Labute approximate surface area is 208 Å². The Hall–Kier alpha value is -4.25. The number of rotatable bonds is 9. The molecule has 3 aromatic rings. The van der Waals surface area contributed by atoms with Crippen LogP contribution in [-0.2, 0) is 14.8 Å². The van der Waals surface area contributed by atoms with Gasteiger partial charge in [0.25, 0.3) is 21.6 Å². The van der Waals surface area contributed by atoms with E-state index < -0.39 is 26.8 Å². The van der Waals surface area contributed by atoms with Gasteiger partial charge in [-0.3, -0.25) is 24.4 Å². The third kappa shape index (κ3) is 6.66. The Morgan fingerprint density at radius 2 is 1.58 bits per heavy atom. The molecule has 3 aromatic carbocycles. The fourth-order valence-electron chi connectivity index (χ4n) is 3.37. The van der Waals surface area contributed by atoms with E-state index in [4.69, 9.17) is 0 Å². The Morgan fingerprint density at radius 1 is 0.889 bits per heavy atom. The number of nitro groups is 1. The van der Waals surface area contributed by atoms with E-state index in [0.717, 1.165) is 11.1 Å². The quantitative estimate of drug-likeness (QED) is 0.292. The van der Waals surface area contributed by atoms with E-state index in [9.17, 15) is 28.1 Å². The summed E-state index contributed by atoms with van der Waals surface area (Å²) in [4.78, 5) is 34.8. The van der Waals surface area contributed by atoms with Crippen LogP contribution >= 0.6 is 0 Å². The van der Waals surface area contributed by atoms with Crippen molar-refractivity contribution in [1.29, 1.82) is 0 Å². The van der Waals surface area contributed by atoms with Gasteiger partial charge >= 0.3 is 0 Å². The average Bonchev–Trinajstić information content (AvgIpc) is 2.82. The molecular weight excluding hydrogens is 484 g/mol. The SMILES string of the molecule is Cc1ccc(NS(=O)(=O)c2ccc(C)c(NC(=O)CCNC(=O)c3ccc([N+](=O)[O-])cc3)c2)c(C)c1. The molecule has 3 rings (SSSR count). The number of benzene rings is 3. The third-order valence-corrected chi connectivity index (χ3v) is 6.76. The van der Waals surface area contributed by atoms with Crippen LogP contribution in [0.25, 0.3) is 0 Å². The number of nitrogens with one attached hydrogen (secondary N) is 3. The maximum Gasteiger partial charge on any atom is 0.269 e. The molecule has 0 saturated carbocycles. The van der Waals surface area contributed by atoms with Gasteiger partial charge in [-0.25, -0.2) is 8.42 Å². The molecule has 0 unspecified atom stereocenters. The van der Waals surface area contributed by atoms with Crippen LogP contribution in [0.4, 0.5) is 17.1 Å². The van der Waals surface area contributed by atoms with Crippen LogP contribution in [0.3, 0.4) is 0 Å². The highest BCUT2D eigenvalue weighted by Crippen LogP contribution is 2.24. The molecule has 36 heavy (non-hydrogen) atoms. The number of carbonyl (C=O) groups excluding carboxylic acids is 2. The standard InChI is InChI=1S/C25H26N4O6S/c1-16-4-11-22(18(3)14-16)28-36(34,35)21-10-5-17(2)23(15-21)27-24(30)12-13-26-25(31)19-6-8-20(9-7-19)29(32)33/h4-11,14-15,28H,12-13H2,1-3H3,(H,26,31)(H,27,30). The van der Waals surface area contributed by atoms with Crippen LogP contribution in [0.2, 0.25) is 0 Å². The monoisotopic (exact) mass is 510 g/mol. The highest BCUT2D eigenvalue weighted by molar-refractivity contribution is 7.92. The third-order valence-electron chi connectivity index (χ3n) is 5.40. The molecule has 0 aromatic heterocycles. The van der Waals surface area contributed by atoms with Gasteiger partial charge in [0.2, 0.25) is 5.91 Å². The lowest BCUT2D eigenvalue weighted by Crippen LogP contribution is -2.27. The number of carbonyl (C=O) groups is 2. The van der Waals surface area contributed by atoms with Crippen molar-refractivity contribution in [3.63, 3.8) is 0 Å². The highest BCUT2D eigenvalue weighted by Gasteiger charge is 2.18. The van der Waals surface area contributed by atoms with Gasteiger partial charge in [0, 0.05) is 36.3 Å². The maximum atomic E-state index is 12.9. The summed E-state index contributed by atoms with van der Waals surface area (Å²) in [6.07, 6.45) is -0.0596. The summed E-state index contributed by atoms with van der Waals surface area (Å²) in [5, 5.41) is 16.0. The molecule has 3 N–H and O–H groups in total. The Balaban J connectivity index is 1.61. The molecule has 10 nitrogen and oxygen atoms in total. The lowest BCUT2D eigenvalue weighted by Gasteiger charge is -2.14. The topological polar surface area (TPSA) is 148 Å². The maximum absolute atomic E-state index is 12.9. The fourth-order valence-corrected chi connectivity index (χ4v) is 4.53. The smallest absolute Gasteiger partial charge is 0.269 e. The Morgan fingerprint density at radius 3 is 2.22 bits per heavy atom. The zero-order valence-electron chi connectivity index (χ0n) is 20.0. The number of nitrogens with zero attached hydrogens (tertiary/aromatic N) is 1. The van der Waals surface area contributed by atoms with Crippen LogP contribution < -0.4 is 15.4 Å². The lowest BCUT2D eigenvalue weighted by molar-refractivity contribution is -0.384. The number of anilines is 2. The van der Waals surface area contributed by atoms with Gasteiger partial charge in [0.1, 0.15) is 0 Å². The van der Waals surface area contributed by atoms with E-state index in [1.165, 1.54) is 36.4 Å². The summed E-state index contributed by atoms with van der Waals surface area (Å²) in [6.45, 7) is 5.49. The first kappa shape index (κ1) is 26.4. The molecule has 188 valence electrons. The Kier molecular flexibility index (Phi) is 8.05. The van der Waals surface area contributed by atoms with Crippen molar-refractivity contribution in [2.45, 2.75) is 32.1 Å². The minimum Gasteiger partial charge on any atom is -0.352 e. The molecule has 0 aliphatic heterocycles. The van der Waals surface area contributed by atoms with Crippen LogP contribution in [0.5, 0.6) is 0 Å². The second-order valence-corrected chi connectivity index (χ2v) is 9.94. The molecule has 0 spiro atoms. The lowest BCUT2D eigenvalue weighted by atomic mass is 10.1. The van der Waals surface area contributed by atoms with E-state index in [0.29, 0.717) is 16.9 Å². The number of hydrogen-bond donors (Lipinski definition) is 3. The minimum absolute atomic E-state index is 0.00477. The van der Waals surface area contributed by atoms with Crippen molar-refractivity contribution < 1.29 is 22.9 Å². The van der Waals surface area contributed by atoms with Gasteiger partial charge < -0.3 is 10.6 Å². The molecule has 0 saturated heterocycles. The highest BCUT2D eigenvalue weighted by atomic mass is 32.2. The van der Waals surface area contributed by atoms with E-state index in [-0.39, 0.29) is 29.1 Å². The first-order valence-corrected chi connectivity index (χ1v) is 12.5. The number of nitro benzene ring substituents is 1. The summed E-state index contributed by atoms with van der Waals surface area (Å²) >= 11 is 0. The summed E-state index contributed by atoms with van der Waals surface area (Å²) in [5.74, 6) is -0.890. The van der Waals surface area contributed by atoms with Gasteiger partial charge in [0.15, 0.2) is 0 Å². The van der Waals surface area contributed by atoms with Crippen LogP contribution in [0, 0.1) is 30.9 Å². The normalized spacial score (nSPS) is 11.0. The first-order chi connectivity index (χ1) is 17.0. The summed E-state index contributed by atoms with van der Waals surface area (Å²) in [6, 6.07) is 14.9. The molecule has 0 bridgehead atoms. The van der Waals surface area contributed by atoms with Gasteiger partial charge in [0.05, 0.1) is 15.5 Å². The molecule has 0 radical (unpaired) electrons. The van der Waals surface area contributed by atoms with Gasteiger partial charge in [-0.2, -0.15) is 0 Å². The minimum atomic E-state index is -3.89. The van der Waals surface area contributed by atoms with Crippen molar-refractivity contribution in [3.05, 3.63) is 93.0 Å². The van der Waals surface area contributed by atoms with Crippen molar-refractivity contribution in [2.75, 3.05) is 16.6 Å². The zero-order chi connectivity index (χ0) is 26.5. The molecule has 0 atom stereocenters. The van der Waals surface area contributed by atoms with Gasteiger partial charge in [-0.15, -0.1) is 0 Å². The first-order valence-electron chi connectivity index (χ1n) is 11.0. The van der Waals surface area contributed by atoms with Crippen molar-refractivity contribution in [3.8, 4) is 0 Å². The molecule has 0 fully saturated rings. The molecule has 0 aliphatic carbocycles.